The Morgan fingerprint density at radius 1 is 1.08 bits per heavy atom. The van der Waals surface area contributed by atoms with Crippen molar-refractivity contribution in [2.45, 2.75) is 13.8 Å². The molecule has 1 amide bonds. The zero-order valence-corrected chi connectivity index (χ0v) is 13.9. The van der Waals surface area contributed by atoms with Crippen molar-refractivity contribution in [1.82, 2.24) is 9.97 Å². The fourth-order valence-corrected chi connectivity index (χ4v) is 2.31. The summed E-state index contributed by atoms with van der Waals surface area (Å²) >= 11 is 0. The summed E-state index contributed by atoms with van der Waals surface area (Å²) in [5.41, 5.74) is 3.66. The van der Waals surface area contributed by atoms with E-state index in [1.807, 2.05) is 32.0 Å². The zero-order valence-electron chi connectivity index (χ0n) is 13.9. The summed E-state index contributed by atoms with van der Waals surface area (Å²) in [5, 5.41) is 5.73. The number of rotatable bonds is 4. The second-order valence-corrected chi connectivity index (χ2v) is 5.60. The van der Waals surface area contributed by atoms with Crippen LogP contribution in [0.1, 0.15) is 21.6 Å². The Kier molecular flexibility index (Phi) is 4.70. The maximum atomic E-state index is 13.2. The lowest BCUT2D eigenvalue weighted by atomic mass is 10.1. The highest BCUT2D eigenvalue weighted by molar-refractivity contribution is 6.03. The largest absolute Gasteiger partial charge is 0.324 e. The minimum absolute atomic E-state index is 0.187. The van der Waals surface area contributed by atoms with Crippen LogP contribution in [-0.4, -0.2) is 15.9 Å². The Balaban J connectivity index is 1.79. The number of aryl methyl sites for hydroxylation is 1. The Morgan fingerprint density at radius 3 is 2.68 bits per heavy atom. The number of amides is 1. The van der Waals surface area contributed by atoms with Gasteiger partial charge in [-0.2, -0.15) is 0 Å². The highest BCUT2D eigenvalue weighted by atomic mass is 19.1. The molecule has 0 saturated heterocycles. The van der Waals surface area contributed by atoms with Crippen molar-refractivity contribution >= 4 is 23.2 Å². The van der Waals surface area contributed by atoms with Crippen LogP contribution in [0.3, 0.4) is 0 Å². The molecule has 1 aromatic heterocycles. The van der Waals surface area contributed by atoms with Crippen LogP contribution in [0, 0.1) is 19.7 Å². The predicted molar refractivity (Wildman–Crippen MR) is 95.6 cm³/mol. The van der Waals surface area contributed by atoms with Crippen molar-refractivity contribution in [3.63, 3.8) is 0 Å². The number of nitrogens with one attached hydrogen (secondary N) is 2. The van der Waals surface area contributed by atoms with Gasteiger partial charge in [0.15, 0.2) is 0 Å². The Morgan fingerprint density at radius 2 is 1.88 bits per heavy atom. The van der Waals surface area contributed by atoms with Crippen LogP contribution in [0.5, 0.6) is 0 Å². The molecule has 0 bridgehead atoms. The maximum Gasteiger partial charge on any atom is 0.274 e. The first-order valence-electron chi connectivity index (χ1n) is 7.76. The van der Waals surface area contributed by atoms with Crippen LogP contribution < -0.4 is 10.6 Å². The lowest BCUT2D eigenvalue weighted by Crippen LogP contribution is -2.15. The highest BCUT2D eigenvalue weighted by Crippen LogP contribution is 2.21. The highest BCUT2D eigenvalue weighted by Gasteiger charge is 2.10. The van der Waals surface area contributed by atoms with Crippen molar-refractivity contribution in [3.05, 3.63) is 77.4 Å². The van der Waals surface area contributed by atoms with Gasteiger partial charge in [-0.05, 0) is 55.3 Å². The molecule has 0 unspecified atom stereocenters. The summed E-state index contributed by atoms with van der Waals surface area (Å²) in [5.74, 6) is -0.532. The molecule has 126 valence electrons. The quantitative estimate of drug-likeness (QED) is 0.748. The standard InChI is InChI=1S/C19H17FN4O/c1-12-5-3-8-16(13(12)2)23-19-21-10-9-17(24-19)18(25)22-15-7-4-6-14(20)11-15/h3-11H,1-2H3,(H,22,25)(H,21,23,24). The van der Waals surface area contributed by atoms with Crippen molar-refractivity contribution in [2.24, 2.45) is 0 Å². The zero-order chi connectivity index (χ0) is 17.8. The maximum absolute atomic E-state index is 13.2. The average Bonchev–Trinajstić information content (AvgIpc) is 2.59. The van der Waals surface area contributed by atoms with E-state index in [-0.39, 0.29) is 5.69 Å². The van der Waals surface area contributed by atoms with Gasteiger partial charge in [-0.25, -0.2) is 14.4 Å². The van der Waals surface area contributed by atoms with Gasteiger partial charge in [0, 0.05) is 17.6 Å². The molecule has 25 heavy (non-hydrogen) atoms. The van der Waals surface area contributed by atoms with E-state index in [1.165, 1.54) is 30.5 Å². The fraction of sp³-hybridized carbons (Fsp3) is 0.105. The van der Waals surface area contributed by atoms with Gasteiger partial charge in [0.25, 0.3) is 5.91 Å². The normalized spacial score (nSPS) is 10.4. The third-order valence-electron chi connectivity index (χ3n) is 3.82. The second kappa shape index (κ2) is 7.09. The van der Waals surface area contributed by atoms with Crippen LogP contribution in [-0.2, 0) is 0 Å². The van der Waals surface area contributed by atoms with Gasteiger partial charge in [0.05, 0.1) is 0 Å². The van der Waals surface area contributed by atoms with Crippen LogP contribution in [0.2, 0.25) is 0 Å². The molecule has 0 spiro atoms. The monoisotopic (exact) mass is 336 g/mol. The van der Waals surface area contributed by atoms with Gasteiger partial charge in [-0.3, -0.25) is 4.79 Å². The van der Waals surface area contributed by atoms with E-state index in [4.69, 9.17) is 0 Å². The third kappa shape index (κ3) is 3.98. The Bertz CT molecular complexity index is 927. The average molecular weight is 336 g/mol. The summed E-state index contributed by atoms with van der Waals surface area (Å²) in [6.45, 7) is 4.02. The van der Waals surface area contributed by atoms with Gasteiger partial charge >= 0.3 is 0 Å². The smallest absolute Gasteiger partial charge is 0.274 e. The van der Waals surface area contributed by atoms with Gasteiger partial charge in [0.1, 0.15) is 11.5 Å². The molecule has 3 rings (SSSR count). The molecule has 0 fully saturated rings. The number of aromatic nitrogens is 2. The molecule has 5 nitrogen and oxygen atoms in total. The van der Waals surface area contributed by atoms with Crippen molar-refractivity contribution in [1.29, 1.82) is 0 Å². The van der Waals surface area contributed by atoms with Gasteiger partial charge in [-0.1, -0.05) is 18.2 Å². The molecule has 0 atom stereocenters. The third-order valence-corrected chi connectivity index (χ3v) is 3.82. The summed E-state index contributed by atoms with van der Waals surface area (Å²) in [6, 6.07) is 13.1. The van der Waals surface area contributed by atoms with Crippen molar-refractivity contribution in [3.8, 4) is 0 Å². The van der Waals surface area contributed by atoms with Crippen molar-refractivity contribution < 1.29 is 9.18 Å². The SMILES string of the molecule is Cc1cccc(Nc2nccc(C(=O)Nc3cccc(F)c3)n2)c1C. The fourth-order valence-electron chi connectivity index (χ4n) is 2.31. The number of halogens is 1. The van der Waals surface area contributed by atoms with Crippen molar-refractivity contribution in [2.75, 3.05) is 10.6 Å². The Labute approximate surface area is 145 Å². The van der Waals surface area contributed by atoms with E-state index >= 15 is 0 Å². The van der Waals surface area contributed by atoms with E-state index in [2.05, 4.69) is 20.6 Å². The minimum atomic E-state index is -0.433. The summed E-state index contributed by atoms with van der Waals surface area (Å²) in [6.07, 6.45) is 1.50. The molecular formula is C19H17FN4O. The lowest BCUT2D eigenvalue weighted by molar-refractivity contribution is 0.102. The van der Waals surface area contributed by atoms with Gasteiger partial charge in [0.2, 0.25) is 5.95 Å². The predicted octanol–water partition coefficient (Wildman–Crippen LogP) is 4.23. The van der Waals surface area contributed by atoms with Gasteiger partial charge < -0.3 is 10.6 Å². The number of hydrogen-bond donors (Lipinski definition) is 2. The number of benzene rings is 2. The van der Waals surface area contributed by atoms with E-state index in [9.17, 15) is 9.18 Å². The number of nitrogens with zero attached hydrogens (tertiary/aromatic N) is 2. The molecular weight excluding hydrogens is 319 g/mol. The van der Waals surface area contributed by atoms with Crippen LogP contribution in [0.4, 0.5) is 21.7 Å². The Hall–Kier alpha value is -3.28. The van der Waals surface area contributed by atoms with Crippen LogP contribution >= 0.6 is 0 Å². The molecule has 0 aliphatic rings. The second-order valence-electron chi connectivity index (χ2n) is 5.60. The topological polar surface area (TPSA) is 66.9 Å². The first-order chi connectivity index (χ1) is 12.0. The first kappa shape index (κ1) is 16.6. The van der Waals surface area contributed by atoms with Crippen LogP contribution in [0.25, 0.3) is 0 Å². The summed E-state index contributed by atoms with van der Waals surface area (Å²) in [4.78, 5) is 20.7. The van der Waals surface area contributed by atoms with Gasteiger partial charge in [-0.15, -0.1) is 0 Å². The van der Waals surface area contributed by atoms with E-state index in [0.717, 1.165) is 16.8 Å². The number of anilines is 3. The summed E-state index contributed by atoms with van der Waals surface area (Å²) < 4.78 is 13.2. The van der Waals surface area contributed by atoms with E-state index in [1.54, 1.807) is 6.07 Å². The first-order valence-corrected chi connectivity index (χ1v) is 7.76. The van der Waals surface area contributed by atoms with Crippen LogP contribution in [0.15, 0.2) is 54.7 Å². The molecule has 2 aromatic carbocycles. The molecule has 0 aliphatic heterocycles. The molecule has 1 heterocycles. The summed E-state index contributed by atoms with van der Waals surface area (Å²) in [7, 11) is 0. The molecule has 3 aromatic rings. The number of carbonyl (C=O) groups is 1. The number of hydrogen-bond acceptors (Lipinski definition) is 4. The number of carbonyl (C=O) groups excluding carboxylic acids is 1. The lowest BCUT2D eigenvalue weighted by Gasteiger charge is -2.11. The van der Waals surface area contributed by atoms with E-state index < -0.39 is 11.7 Å². The van der Waals surface area contributed by atoms with E-state index in [0.29, 0.717) is 11.6 Å². The molecule has 0 saturated carbocycles. The molecule has 6 heteroatoms. The molecule has 0 aliphatic carbocycles. The minimum Gasteiger partial charge on any atom is -0.324 e. The molecule has 0 radical (unpaired) electrons. The molecule has 2 N–H and O–H groups in total.